The van der Waals surface area contributed by atoms with Gasteiger partial charge in [0.15, 0.2) is 6.61 Å². The van der Waals surface area contributed by atoms with Crippen molar-refractivity contribution in [2.75, 3.05) is 0 Å². The molecule has 0 radical (unpaired) electrons. The van der Waals surface area contributed by atoms with Gasteiger partial charge in [0, 0.05) is 36.4 Å². The molecule has 0 aliphatic rings. The van der Waals surface area contributed by atoms with Crippen molar-refractivity contribution in [1.29, 1.82) is 0 Å². The SMILES string of the molecule is O=C(CCC(F)(F)F)Cc1cccc(-c2cnc3cc(C=NOCc4ccccn4)ccn23)c1. The van der Waals surface area contributed by atoms with Crippen LogP contribution in [0.5, 0.6) is 0 Å². The highest BCUT2D eigenvalue weighted by Crippen LogP contribution is 2.24. The van der Waals surface area contributed by atoms with Gasteiger partial charge in [0.05, 0.1) is 30.2 Å². The fourth-order valence-corrected chi connectivity index (χ4v) is 3.41. The number of carbonyl (C=O) groups is 1. The number of rotatable bonds is 9. The molecule has 3 heterocycles. The van der Waals surface area contributed by atoms with Gasteiger partial charge in [-0.25, -0.2) is 4.98 Å². The molecule has 0 spiro atoms. The summed E-state index contributed by atoms with van der Waals surface area (Å²) in [5.74, 6) is -0.443. The number of hydrogen-bond donors (Lipinski definition) is 0. The molecule has 0 aliphatic carbocycles. The molecule has 0 unspecified atom stereocenters. The Morgan fingerprint density at radius 2 is 1.97 bits per heavy atom. The first-order valence-electron chi connectivity index (χ1n) is 10.6. The van der Waals surface area contributed by atoms with Crippen LogP contribution in [0.4, 0.5) is 13.2 Å². The normalized spacial score (nSPS) is 11.9. The van der Waals surface area contributed by atoms with E-state index in [0.717, 1.165) is 22.5 Å². The summed E-state index contributed by atoms with van der Waals surface area (Å²) >= 11 is 0. The largest absolute Gasteiger partial charge is 0.389 e. The quantitative estimate of drug-likeness (QED) is 0.245. The number of benzene rings is 1. The van der Waals surface area contributed by atoms with E-state index in [0.29, 0.717) is 11.2 Å². The molecule has 4 rings (SSSR count). The highest BCUT2D eigenvalue weighted by atomic mass is 19.4. The molecule has 0 atom stereocenters. The average Bonchev–Trinajstić information content (AvgIpc) is 3.24. The van der Waals surface area contributed by atoms with E-state index in [1.807, 2.05) is 47.0 Å². The number of carbonyl (C=O) groups excluding carboxylic acids is 1. The highest BCUT2D eigenvalue weighted by Gasteiger charge is 2.27. The maximum Gasteiger partial charge on any atom is 0.389 e. The number of pyridine rings is 2. The van der Waals surface area contributed by atoms with Crippen LogP contribution in [0.1, 0.15) is 29.7 Å². The summed E-state index contributed by atoms with van der Waals surface area (Å²) in [5.41, 5.74) is 4.54. The van der Waals surface area contributed by atoms with Crippen LogP contribution < -0.4 is 0 Å². The van der Waals surface area contributed by atoms with Crippen molar-refractivity contribution < 1.29 is 22.8 Å². The Bertz CT molecular complexity index is 1300. The van der Waals surface area contributed by atoms with E-state index in [2.05, 4.69) is 15.1 Å². The molecular weight excluding hydrogens is 445 g/mol. The number of ketones is 1. The van der Waals surface area contributed by atoms with Gasteiger partial charge in [0.25, 0.3) is 0 Å². The third-order valence-corrected chi connectivity index (χ3v) is 5.06. The molecule has 9 heteroatoms. The Hall–Kier alpha value is -4.01. The van der Waals surface area contributed by atoms with Crippen molar-refractivity contribution >= 4 is 17.6 Å². The summed E-state index contributed by atoms with van der Waals surface area (Å²) in [6.07, 6.45) is 0.843. The molecule has 0 saturated heterocycles. The van der Waals surface area contributed by atoms with E-state index < -0.39 is 24.8 Å². The average molecular weight is 466 g/mol. The number of hydrogen-bond acceptors (Lipinski definition) is 5. The van der Waals surface area contributed by atoms with Gasteiger partial charge < -0.3 is 4.84 Å². The molecule has 0 N–H and O–H groups in total. The van der Waals surface area contributed by atoms with Crippen LogP contribution in [-0.4, -0.2) is 32.5 Å². The van der Waals surface area contributed by atoms with Crippen molar-refractivity contribution in [3.05, 3.63) is 90.0 Å². The summed E-state index contributed by atoms with van der Waals surface area (Å²) in [4.78, 5) is 25.8. The smallest absolute Gasteiger partial charge is 0.389 e. The molecule has 0 amide bonds. The highest BCUT2D eigenvalue weighted by molar-refractivity contribution is 5.82. The Balaban J connectivity index is 1.43. The minimum Gasteiger partial charge on any atom is -0.389 e. The molecule has 3 aromatic heterocycles. The number of halogens is 3. The van der Waals surface area contributed by atoms with Crippen molar-refractivity contribution in [1.82, 2.24) is 14.4 Å². The van der Waals surface area contributed by atoms with Gasteiger partial charge in [-0.05, 0) is 35.9 Å². The zero-order valence-corrected chi connectivity index (χ0v) is 18.1. The summed E-state index contributed by atoms with van der Waals surface area (Å²) in [6.45, 7) is 0.266. The number of aromatic nitrogens is 3. The van der Waals surface area contributed by atoms with Crippen LogP contribution >= 0.6 is 0 Å². The van der Waals surface area contributed by atoms with Crippen LogP contribution in [-0.2, 0) is 22.7 Å². The Morgan fingerprint density at radius 1 is 1.09 bits per heavy atom. The second-order valence-corrected chi connectivity index (χ2v) is 7.69. The van der Waals surface area contributed by atoms with Crippen molar-refractivity contribution in [3.8, 4) is 11.3 Å². The van der Waals surface area contributed by atoms with Gasteiger partial charge in [-0.3, -0.25) is 14.2 Å². The monoisotopic (exact) mass is 466 g/mol. The lowest BCUT2D eigenvalue weighted by Crippen LogP contribution is -2.12. The zero-order chi connectivity index (χ0) is 24.0. The topological polar surface area (TPSA) is 68.8 Å². The maximum absolute atomic E-state index is 12.4. The molecule has 4 aromatic rings. The van der Waals surface area contributed by atoms with E-state index in [9.17, 15) is 18.0 Å². The lowest BCUT2D eigenvalue weighted by Gasteiger charge is -2.07. The van der Waals surface area contributed by atoms with Crippen molar-refractivity contribution in [2.24, 2.45) is 5.16 Å². The Kier molecular flexibility index (Phi) is 7.01. The van der Waals surface area contributed by atoms with Crippen LogP contribution in [0.2, 0.25) is 0 Å². The predicted octanol–water partition coefficient (Wildman–Crippen LogP) is 5.40. The van der Waals surface area contributed by atoms with Crippen LogP contribution in [0.3, 0.4) is 0 Å². The lowest BCUT2D eigenvalue weighted by atomic mass is 10.0. The lowest BCUT2D eigenvalue weighted by molar-refractivity contribution is -0.143. The molecule has 174 valence electrons. The van der Waals surface area contributed by atoms with Gasteiger partial charge in [-0.1, -0.05) is 29.4 Å². The second kappa shape index (κ2) is 10.3. The number of fused-ring (bicyclic) bond motifs is 1. The molecular formula is C25H21F3N4O2. The summed E-state index contributed by atoms with van der Waals surface area (Å²) < 4.78 is 39.0. The van der Waals surface area contributed by atoms with Crippen molar-refractivity contribution in [3.63, 3.8) is 0 Å². The Labute approximate surface area is 193 Å². The van der Waals surface area contributed by atoms with Gasteiger partial charge in [0.1, 0.15) is 11.4 Å². The number of oxime groups is 1. The summed E-state index contributed by atoms with van der Waals surface area (Å²) in [7, 11) is 0. The first kappa shape index (κ1) is 23.2. The molecule has 0 saturated carbocycles. The molecule has 6 nitrogen and oxygen atoms in total. The third kappa shape index (κ3) is 6.28. The second-order valence-electron chi connectivity index (χ2n) is 7.69. The number of imidazole rings is 1. The fourth-order valence-electron chi connectivity index (χ4n) is 3.41. The van der Waals surface area contributed by atoms with E-state index in [-0.39, 0.29) is 13.0 Å². The predicted molar refractivity (Wildman–Crippen MR) is 121 cm³/mol. The minimum atomic E-state index is -4.33. The van der Waals surface area contributed by atoms with E-state index in [4.69, 9.17) is 4.84 Å². The summed E-state index contributed by atoms with van der Waals surface area (Å²) in [5, 5.41) is 3.97. The van der Waals surface area contributed by atoms with Crippen LogP contribution in [0.15, 0.2) is 78.3 Å². The first-order chi connectivity index (χ1) is 16.4. The molecule has 34 heavy (non-hydrogen) atoms. The standard InChI is InChI=1S/C25H21F3N4O2/c26-25(27,28)9-7-22(33)13-18-4-3-5-20(12-18)23-16-30-24-14-19(8-11-32(23)24)15-31-34-17-21-6-1-2-10-29-21/h1-6,8,10-12,14-16H,7,9,13,17H2. The molecule has 0 aliphatic heterocycles. The molecule has 1 aromatic carbocycles. The minimum absolute atomic E-state index is 0.0419. The zero-order valence-electron chi connectivity index (χ0n) is 18.1. The third-order valence-electron chi connectivity index (χ3n) is 5.06. The van der Waals surface area contributed by atoms with Gasteiger partial charge in [-0.2, -0.15) is 13.2 Å². The number of Topliss-reactive ketones (excluding diaryl/α,β-unsaturated/α-hetero) is 1. The van der Waals surface area contributed by atoms with Gasteiger partial charge in [0.2, 0.25) is 0 Å². The first-order valence-corrected chi connectivity index (χ1v) is 10.6. The molecule has 0 bridgehead atoms. The Morgan fingerprint density at radius 3 is 2.76 bits per heavy atom. The van der Waals surface area contributed by atoms with Crippen LogP contribution in [0.25, 0.3) is 16.9 Å². The van der Waals surface area contributed by atoms with E-state index in [1.54, 1.807) is 36.8 Å². The van der Waals surface area contributed by atoms with Gasteiger partial charge in [-0.15, -0.1) is 0 Å². The number of alkyl halides is 3. The van der Waals surface area contributed by atoms with Crippen molar-refractivity contribution in [2.45, 2.75) is 32.0 Å². The van der Waals surface area contributed by atoms with E-state index in [1.165, 1.54) is 0 Å². The van der Waals surface area contributed by atoms with E-state index >= 15 is 0 Å². The fraction of sp³-hybridized carbons (Fsp3) is 0.200. The number of nitrogens with zero attached hydrogens (tertiary/aromatic N) is 4. The van der Waals surface area contributed by atoms with Crippen LogP contribution in [0, 0.1) is 0 Å². The summed E-state index contributed by atoms with van der Waals surface area (Å²) in [6, 6.07) is 16.4. The molecule has 0 fully saturated rings. The maximum atomic E-state index is 12.4. The van der Waals surface area contributed by atoms with Gasteiger partial charge >= 0.3 is 6.18 Å².